The first kappa shape index (κ1) is 17.3. The molecule has 2 aromatic rings. The summed E-state index contributed by atoms with van der Waals surface area (Å²) in [6.45, 7) is 1.97. The highest BCUT2D eigenvalue weighted by Crippen LogP contribution is 2.29. The quantitative estimate of drug-likeness (QED) is 0.780. The van der Waals surface area contributed by atoms with E-state index in [1.807, 2.05) is 37.3 Å². The zero-order valence-corrected chi connectivity index (χ0v) is 15.1. The molecule has 2 aromatic carbocycles. The molecule has 1 aliphatic carbocycles. The van der Waals surface area contributed by atoms with Gasteiger partial charge >= 0.3 is 0 Å². The number of hydrogen-bond donors (Lipinski definition) is 3. The zero-order chi connectivity index (χ0) is 19.0. The minimum atomic E-state index is -0.465. The van der Waals surface area contributed by atoms with Crippen LogP contribution in [0.1, 0.15) is 34.3 Å². The molecule has 1 saturated carbocycles. The number of nitrogens with two attached hydrogens (primary N) is 1. The van der Waals surface area contributed by atoms with Crippen molar-refractivity contribution in [2.24, 2.45) is 10.8 Å². The lowest BCUT2D eigenvalue weighted by molar-refractivity contribution is 0.0951. The van der Waals surface area contributed by atoms with Crippen molar-refractivity contribution in [1.82, 2.24) is 5.32 Å². The lowest BCUT2D eigenvalue weighted by Gasteiger charge is -2.23. The zero-order valence-electron chi connectivity index (χ0n) is 15.1. The van der Waals surface area contributed by atoms with Crippen LogP contribution >= 0.6 is 0 Å². The van der Waals surface area contributed by atoms with Gasteiger partial charge in [-0.05, 0) is 61.2 Å². The summed E-state index contributed by atoms with van der Waals surface area (Å²) >= 11 is 0. The molecule has 1 amide bonds. The monoisotopic (exact) mass is 362 g/mol. The first-order valence-corrected chi connectivity index (χ1v) is 9.02. The number of anilines is 1. The van der Waals surface area contributed by atoms with Crippen molar-refractivity contribution in [3.8, 4) is 5.75 Å². The van der Waals surface area contributed by atoms with Gasteiger partial charge in [0.25, 0.3) is 5.91 Å². The second kappa shape index (κ2) is 6.89. The van der Waals surface area contributed by atoms with E-state index in [1.54, 1.807) is 29.4 Å². The van der Waals surface area contributed by atoms with Crippen LogP contribution in [0.2, 0.25) is 0 Å². The lowest BCUT2D eigenvalue weighted by atomic mass is 10.1. The summed E-state index contributed by atoms with van der Waals surface area (Å²) < 4.78 is 0. The van der Waals surface area contributed by atoms with Crippen LogP contribution in [0.3, 0.4) is 0 Å². The highest BCUT2D eigenvalue weighted by Gasteiger charge is 2.27. The lowest BCUT2D eigenvalue weighted by Crippen LogP contribution is -2.36. The Balaban J connectivity index is 1.58. The van der Waals surface area contributed by atoms with E-state index in [9.17, 15) is 9.90 Å². The average molecular weight is 362 g/mol. The maximum atomic E-state index is 12.4. The Kier molecular flexibility index (Phi) is 4.41. The Morgan fingerprint density at radius 1 is 1.30 bits per heavy atom. The molecule has 27 heavy (non-hydrogen) atoms. The van der Waals surface area contributed by atoms with Gasteiger partial charge in [0, 0.05) is 17.2 Å². The molecule has 0 bridgehead atoms. The van der Waals surface area contributed by atoms with Gasteiger partial charge in [-0.15, -0.1) is 0 Å². The van der Waals surface area contributed by atoms with Crippen molar-refractivity contribution < 1.29 is 9.90 Å². The van der Waals surface area contributed by atoms with Crippen LogP contribution in [0.25, 0.3) is 6.08 Å². The van der Waals surface area contributed by atoms with E-state index >= 15 is 0 Å². The third-order valence-corrected chi connectivity index (χ3v) is 4.77. The maximum absolute atomic E-state index is 12.4. The Labute approximate surface area is 158 Å². The van der Waals surface area contributed by atoms with Crippen molar-refractivity contribution in [3.05, 3.63) is 64.7 Å². The molecule has 6 nitrogen and oxygen atoms in total. The minimum Gasteiger partial charge on any atom is -0.508 e. The number of nitrogens with zero attached hydrogens (tertiary/aromatic N) is 2. The molecule has 1 fully saturated rings. The molecule has 6 heteroatoms. The van der Waals surface area contributed by atoms with Gasteiger partial charge in [-0.1, -0.05) is 18.2 Å². The molecule has 2 aliphatic rings. The maximum Gasteiger partial charge on any atom is 0.251 e. The van der Waals surface area contributed by atoms with Gasteiger partial charge < -0.3 is 16.2 Å². The van der Waals surface area contributed by atoms with Crippen LogP contribution in [0.5, 0.6) is 5.75 Å². The number of carbonyl (C=O) groups excluding carboxylic acids is 1. The number of hydrazone groups is 1. The summed E-state index contributed by atoms with van der Waals surface area (Å²) in [6, 6.07) is 12.9. The highest BCUT2D eigenvalue weighted by atomic mass is 16.3. The SMILES string of the molecule is Cc1ccc(C(=O)NC2CC2)cc1N1N=CC(=Cc2cccc(O)c2)C1N. The van der Waals surface area contributed by atoms with Crippen LogP contribution in [-0.2, 0) is 0 Å². The number of amides is 1. The molecule has 1 heterocycles. The largest absolute Gasteiger partial charge is 0.508 e. The number of aromatic hydroxyl groups is 1. The summed E-state index contributed by atoms with van der Waals surface area (Å²) in [4.78, 5) is 12.4. The van der Waals surface area contributed by atoms with Gasteiger partial charge in [0.1, 0.15) is 11.9 Å². The summed E-state index contributed by atoms with van der Waals surface area (Å²) in [6.07, 6.45) is 5.25. The standard InChI is InChI=1S/C21H22N4O2/c1-13-5-6-15(21(27)24-17-7-8-17)11-19(13)25-20(22)16(12-23-25)9-14-3-2-4-18(26)10-14/h2-6,9-12,17,20,26H,7-8,22H2,1H3,(H,24,27). The summed E-state index contributed by atoms with van der Waals surface area (Å²) in [7, 11) is 0. The highest BCUT2D eigenvalue weighted by molar-refractivity contribution is 5.96. The van der Waals surface area contributed by atoms with Crippen molar-refractivity contribution in [3.63, 3.8) is 0 Å². The van der Waals surface area contributed by atoms with E-state index in [4.69, 9.17) is 5.73 Å². The molecule has 1 aliphatic heterocycles. The van der Waals surface area contributed by atoms with E-state index < -0.39 is 6.17 Å². The third kappa shape index (κ3) is 3.71. The van der Waals surface area contributed by atoms with Gasteiger partial charge in [-0.2, -0.15) is 5.10 Å². The number of nitrogens with one attached hydrogen (secondary N) is 1. The van der Waals surface area contributed by atoms with Gasteiger partial charge in [0.15, 0.2) is 0 Å². The number of aryl methyl sites for hydroxylation is 1. The molecule has 1 atom stereocenters. The number of carbonyl (C=O) groups is 1. The van der Waals surface area contributed by atoms with Crippen LogP contribution in [0, 0.1) is 6.92 Å². The van der Waals surface area contributed by atoms with E-state index in [1.165, 1.54) is 0 Å². The van der Waals surface area contributed by atoms with Crippen LogP contribution < -0.4 is 16.1 Å². The number of phenols is 1. The topological polar surface area (TPSA) is 91.0 Å². The van der Waals surface area contributed by atoms with Gasteiger partial charge in [-0.3, -0.25) is 4.79 Å². The predicted octanol–water partition coefficient (Wildman–Crippen LogP) is 2.77. The van der Waals surface area contributed by atoms with Crippen molar-refractivity contribution >= 4 is 23.9 Å². The second-order valence-corrected chi connectivity index (χ2v) is 7.02. The summed E-state index contributed by atoms with van der Waals surface area (Å²) in [5, 5.41) is 18.8. The number of benzene rings is 2. The fraction of sp³-hybridized carbons (Fsp3) is 0.238. The van der Waals surface area contributed by atoms with Gasteiger partial charge in [0.05, 0.1) is 11.9 Å². The Morgan fingerprint density at radius 3 is 2.85 bits per heavy atom. The summed E-state index contributed by atoms with van der Waals surface area (Å²) in [5.41, 5.74) is 10.5. The van der Waals surface area contributed by atoms with E-state index in [0.29, 0.717) is 11.6 Å². The van der Waals surface area contributed by atoms with Gasteiger partial charge in [-0.25, -0.2) is 5.01 Å². The second-order valence-electron chi connectivity index (χ2n) is 7.02. The first-order valence-electron chi connectivity index (χ1n) is 9.02. The predicted molar refractivity (Wildman–Crippen MR) is 107 cm³/mol. The Bertz CT molecular complexity index is 947. The van der Waals surface area contributed by atoms with Crippen molar-refractivity contribution in [2.75, 3.05) is 5.01 Å². The van der Waals surface area contributed by atoms with Gasteiger partial charge in [0.2, 0.25) is 0 Å². The molecule has 0 aromatic heterocycles. The third-order valence-electron chi connectivity index (χ3n) is 4.77. The smallest absolute Gasteiger partial charge is 0.251 e. The van der Waals surface area contributed by atoms with Crippen molar-refractivity contribution in [2.45, 2.75) is 32.0 Å². The van der Waals surface area contributed by atoms with E-state index in [2.05, 4.69) is 10.4 Å². The normalized spacial score (nSPS) is 20.3. The van der Waals surface area contributed by atoms with E-state index in [-0.39, 0.29) is 11.7 Å². The van der Waals surface area contributed by atoms with Crippen LogP contribution in [-0.4, -0.2) is 29.4 Å². The first-order chi connectivity index (χ1) is 13.0. The number of rotatable bonds is 4. The minimum absolute atomic E-state index is 0.0639. The Hall–Kier alpha value is -3.12. The number of phenolic OH excluding ortho intramolecular Hbond substituents is 1. The average Bonchev–Trinajstić information content (AvgIpc) is 3.39. The van der Waals surface area contributed by atoms with Crippen molar-refractivity contribution in [1.29, 1.82) is 0 Å². The fourth-order valence-corrected chi connectivity index (χ4v) is 3.05. The fourth-order valence-electron chi connectivity index (χ4n) is 3.05. The molecule has 0 radical (unpaired) electrons. The Morgan fingerprint density at radius 2 is 2.11 bits per heavy atom. The molecular formula is C21H22N4O2. The van der Waals surface area contributed by atoms with Crippen LogP contribution in [0.4, 0.5) is 5.69 Å². The van der Waals surface area contributed by atoms with E-state index in [0.717, 1.165) is 35.2 Å². The number of hydrogen-bond acceptors (Lipinski definition) is 5. The molecule has 0 spiro atoms. The summed E-state index contributed by atoms with van der Waals surface area (Å²) in [5.74, 6) is 0.140. The molecule has 4 rings (SSSR count). The molecule has 0 saturated heterocycles. The molecular weight excluding hydrogens is 340 g/mol. The molecule has 138 valence electrons. The molecule has 1 unspecified atom stereocenters. The van der Waals surface area contributed by atoms with Crippen LogP contribution in [0.15, 0.2) is 53.1 Å². The molecule has 4 N–H and O–H groups in total.